The fraction of sp³-hybridized carbons (Fsp3) is 0.545. The van der Waals surface area contributed by atoms with Gasteiger partial charge in [0.15, 0.2) is 0 Å². The number of nitrogens with one attached hydrogen (secondary N) is 2. The Morgan fingerprint density at radius 3 is 2.53 bits per heavy atom. The van der Waals surface area contributed by atoms with Gasteiger partial charge in [-0.1, -0.05) is 6.92 Å². The summed E-state index contributed by atoms with van der Waals surface area (Å²) in [6.07, 6.45) is 2.52. The van der Waals surface area contributed by atoms with Gasteiger partial charge in [-0.2, -0.15) is 0 Å². The minimum atomic E-state index is -3.22. The van der Waals surface area contributed by atoms with Crippen LogP contribution in [0.15, 0.2) is 18.3 Å². The van der Waals surface area contributed by atoms with E-state index in [1.54, 1.807) is 19.1 Å². The molecule has 2 N–H and O–H groups in total. The number of rotatable bonds is 6. The summed E-state index contributed by atoms with van der Waals surface area (Å²) < 4.78 is 25.1. The van der Waals surface area contributed by atoms with Crippen LogP contribution in [0.1, 0.15) is 27.2 Å². The molecule has 0 radical (unpaired) electrons. The van der Waals surface area contributed by atoms with Crippen molar-refractivity contribution in [1.82, 2.24) is 4.98 Å². The molecule has 1 rings (SSSR count). The van der Waals surface area contributed by atoms with E-state index in [4.69, 9.17) is 0 Å². The van der Waals surface area contributed by atoms with Gasteiger partial charge in [0.2, 0.25) is 10.0 Å². The summed E-state index contributed by atoms with van der Waals surface area (Å²) in [5, 5.41) is 3.21. The van der Waals surface area contributed by atoms with E-state index in [9.17, 15) is 8.42 Å². The van der Waals surface area contributed by atoms with Gasteiger partial charge in [0.25, 0.3) is 0 Å². The molecule has 17 heavy (non-hydrogen) atoms. The van der Waals surface area contributed by atoms with E-state index in [2.05, 4.69) is 28.9 Å². The van der Waals surface area contributed by atoms with Gasteiger partial charge >= 0.3 is 0 Å². The minimum absolute atomic E-state index is 0.0554. The van der Waals surface area contributed by atoms with E-state index >= 15 is 0 Å². The van der Waals surface area contributed by atoms with Crippen LogP contribution in [-0.4, -0.2) is 25.2 Å². The lowest BCUT2D eigenvalue weighted by molar-refractivity contribution is 0.602. The zero-order valence-corrected chi connectivity index (χ0v) is 11.2. The molecular weight excluding hydrogens is 238 g/mol. The van der Waals surface area contributed by atoms with Crippen molar-refractivity contribution < 1.29 is 8.42 Å². The Labute approximate surface area is 103 Å². The molecule has 0 aliphatic carbocycles. The number of hydrogen-bond donors (Lipinski definition) is 2. The van der Waals surface area contributed by atoms with E-state index in [0.29, 0.717) is 11.7 Å². The second-order valence-electron chi connectivity index (χ2n) is 3.89. The van der Waals surface area contributed by atoms with Gasteiger partial charge in [0.05, 0.1) is 17.6 Å². The average molecular weight is 257 g/mol. The van der Waals surface area contributed by atoms with Crippen molar-refractivity contribution in [2.24, 2.45) is 0 Å². The van der Waals surface area contributed by atoms with Crippen molar-refractivity contribution in [2.45, 2.75) is 33.2 Å². The summed E-state index contributed by atoms with van der Waals surface area (Å²) in [5.74, 6) is 0.804. The number of hydrogen-bond acceptors (Lipinski definition) is 4. The van der Waals surface area contributed by atoms with Gasteiger partial charge in [-0.25, -0.2) is 13.4 Å². The van der Waals surface area contributed by atoms with E-state index < -0.39 is 10.0 Å². The first-order chi connectivity index (χ1) is 7.96. The molecule has 6 heteroatoms. The maximum Gasteiger partial charge on any atom is 0.232 e. The Morgan fingerprint density at radius 2 is 2.06 bits per heavy atom. The summed E-state index contributed by atoms with van der Waals surface area (Å²) >= 11 is 0. The molecule has 0 saturated carbocycles. The predicted molar refractivity (Wildman–Crippen MR) is 70.7 cm³/mol. The molecule has 1 heterocycles. The topological polar surface area (TPSA) is 71.1 Å². The van der Waals surface area contributed by atoms with Crippen LogP contribution in [0.4, 0.5) is 11.5 Å². The van der Waals surface area contributed by atoms with E-state index in [1.165, 1.54) is 6.20 Å². The van der Waals surface area contributed by atoms with Gasteiger partial charge in [0.1, 0.15) is 5.82 Å². The highest BCUT2D eigenvalue weighted by atomic mass is 32.2. The van der Waals surface area contributed by atoms with Crippen molar-refractivity contribution in [1.29, 1.82) is 0 Å². The first-order valence-corrected chi connectivity index (χ1v) is 7.35. The lowest BCUT2D eigenvalue weighted by Crippen LogP contribution is -2.16. The number of anilines is 2. The Kier molecular flexibility index (Phi) is 4.74. The summed E-state index contributed by atoms with van der Waals surface area (Å²) in [7, 11) is -3.22. The third-order valence-electron chi connectivity index (χ3n) is 2.42. The first-order valence-electron chi connectivity index (χ1n) is 5.70. The zero-order valence-electron chi connectivity index (χ0n) is 10.4. The normalized spacial score (nSPS) is 13.1. The summed E-state index contributed by atoms with van der Waals surface area (Å²) in [4.78, 5) is 4.15. The monoisotopic (exact) mass is 257 g/mol. The molecule has 0 amide bonds. The lowest BCUT2D eigenvalue weighted by atomic mass is 10.2. The minimum Gasteiger partial charge on any atom is -0.368 e. The van der Waals surface area contributed by atoms with E-state index in [-0.39, 0.29) is 5.75 Å². The molecular formula is C11H19N3O2S. The first kappa shape index (κ1) is 13.8. The molecule has 1 aromatic rings. The predicted octanol–water partition coefficient (Wildman–Crippen LogP) is 2.05. The number of sulfonamides is 1. The van der Waals surface area contributed by atoms with Crippen LogP contribution in [0.2, 0.25) is 0 Å². The van der Waals surface area contributed by atoms with Crippen LogP contribution >= 0.6 is 0 Å². The third-order valence-corrected chi connectivity index (χ3v) is 3.73. The van der Waals surface area contributed by atoms with Crippen molar-refractivity contribution in [2.75, 3.05) is 15.8 Å². The second-order valence-corrected chi connectivity index (χ2v) is 5.90. The van der Waals surface area contributed by atoms with Crippen LogP contribution in [-0.2, 0) is 10.0 Å². The molecule has 0 aromatic carbocycles. The Bertz CT molecular complexity index is 442. The van der Waals surface area contributed by atoms with Crippen molar-refractivity contribution >= 4 is 21.5 Å². The summed E-state index contributed by atoms with van der Waals surface area (Å²) in [6.45, 7) is 5.74. The van der Waals surface area contributed by atoms with Crippen LogP contribution in [0, 0.1) is 0 Å². The zero-order chi connectivity index (χ0) is 12.9. The molecule has 96 valence electrons. The largest absolute Gasteiger partial charge is 0.368 e. The fourth-order valence-electron chi connectivity index (χ4n) is 1.15. The third kappa shape index (κ3) is 4.60. The van der Waals surface area contributed by atoms with Crippen LogP contribution < -0.4 is 10.0 Å². The lowest BCUT2D eigenvalue weighted by Gasteiger charge is -2.12. The highest BCUT2D eigenvalue weighted by Crippen LogP contribution is 2.12. The van der Waals surface area contributed by atoms with Crippen LogP contribution in [0.25, 0.3) is 0 Å². The molecule has 0 aliphatic heterocycles. The Hall–Kier alpha value is -1.30. The highest BCUT2D eigenvalue weighted by Gasteiger charge is 2.07. The molecule has 0 fully saturated rings. The molecule has 0 spiro atoms. The maximum atomic E-state index is 11.3. The Balaban J connectivity index is 2.68. The van der Waals surface area contributed by atoms with Crippen molar-refractivity contribution in [3.05, 3.63) is 18.3 Å². The number of pyridine rings is 1. The molecule has 0 aliphatic rings. The van der Waals surface area contributed by atoms with E-state index in [1.807, 2.05) is 0 Å². The second kappa shape index (κ2) is 5.86. The van der Waals surface area contributed by atoms with Crippen molar-refractivity contribution in [3.63, 3.8) is 0 Å². The molecule has 0 saturated heterocycles. The molecule has 5 nitrogen and oxygen atoms in total. The van der Waals surface area contributed by atoms with Gasteiger partial charge in [-0.15, -0.1) is 0 Å². The van der Waals surface area contributed by atoms with Gasteiger partial charge in [-0.3, -0.25) is 4.72 Å². The standard InChI is InChI=1S/C11H19N3O2S/c1-4-9(3)13-11-7-6-10(8-12-11)14-17(15,16)5-2/h6-9,14H,4-5H2,1-3H3,(H,12,13). The summed E-state index contributed by atoms with van der Waals surface area (Å²) in [6, 6.07) is 3.81. The van der Waals surface area contributed by atoms with Crippen LogP contribution in [0.5, 0.6) is 0 Å². The van der Waals surface area contributed by atoms with E-state index in [0.717, 1.165) is 12.2 Å². The molecule has 1 aromatic heterocycles. The molecule has 0 bridgehead atoms. The summed E-state index contributed by atoms with van der Waals surface area (Å²) in [5.41, 5.74) is 0.488. The smallest absolute Gasteiger partial charge is 0.232 e. The SMILES string of the molecule is CCC(C)Nc1ccc(NS(=O)(=O)CC)cn1. The van der Waals surface area contributed by atoms with Crippen molar-refractivity contribution in [3.8, 4) is 0 Å². The fourth-order valence-corrected chi connectivity index (χ4v) is 1.77. The molecule has 1 unspecified atom stereocenters. The van der Waals surface area contributed by atoms with Crippen LogP contribution in [0.3, 0.4) is 0 Å². The van der Waals surface area contributed by atoms with Gasteiger partial charge < -0.3 is 5.32 Å². The highest BCUT2D eigenvalue weighted by molar-refractivity contribution is 7.92. The number of aromatic nitrogens is 1. The maximum absolute atomic E-state index is 11.3. The molecule has 1 atom stereocenters. The Morgan fingerprint density at radius 1 is 1.35 bits per heavy atom. The van der Waals surface area contributed by atoms with Gasteiger partial charge in [-0.05, 0) is 32.4 Å². The van der Waals surface area contributed by atoms with Gasteiger partial charge in [0, 0.05) is 6.04 Å². The number of nitrogens with zero attached hydrogens (tertiary/aromatic N) is 1. The quantitative estimate of drug-likeness (QED) is 0.818. The average Bonchev–Trinajstić information content (AvgIpc) is 2.31.